The number of fused-ring (bicyclic) bond motifs is 12. The van der Waals surface area contributed by atoms with Gasteiger partial charge < -0.3 is 8.83 Å². The Morgan fingerprint density at radius 1 is 0.259 bits per heavy atom. The highest BCUT2D eigenvalue weighted by atomic mass is 16.4. The van der Waals surface area contributed by atoms with Gasteiger partial charge >= 0.3 is 0 Å². The van der Waals surface area contributed by atoms with Gasteiger partial charge in [-0.3, -0.25) is 0 Å². The predicted octanol–water partition coefficient (Wildman–Crippen LogP) is 15.1. The van der Waals surface area contributed by atoms with E-state index in [0.717, 1.165) is 60.2 Å². The first-order valence-corrected chi connectivity index (χ1v) is 18.5. The summed E-state index contributed by atoms with van der Waals surface area (Å²) in [5.74, 6) is 0. The molecule has 250 valence electrons. The van der Waals surface area contributed by atoms with Crippen molar-refractivity contribution in [3.05, 3.63) is 182 Å². The molecular formula is C52H30O2. The van der Waals surface area contributed by atoms with Crippen LogP contribution in [0.15, 0.2) is 191 Å². The van der Waals surface area contributed by atoms with Crippen molar-refractivity contribution >= 4 is 87.0 Å². The second-order valence-electron chi connectivity index (χ2n) is 14.3. The minimum Gasteiger partial charge on any atom is -0.452 e. The molecule has 12 rings (SSSR count). The lowest BCUT2D eigenvalue weighted by Gasteiger charge is -2.19. The third-order valence-electron chi connectivity index (χ3n) is 11.5. The van der Waals surface area contributed by atoms with Gasteiger partial charge in [0, 0.05) is 26.9 Å². The van der Waals surface area contributed by atoms with E-state index in [1.54, 1.807) is 0 Å². The lowest BCUT2D eigenvalue weighted by Crippen LogP contribution is -1.91. The fourth-order valence-electron chi connectivity index (χ4n) is 9.07. The van der Waals surface area contributed by atoms with Crippen molar-refractivity contribution in [2.24, 2.45) is 0 Å². The van der Waals surface area contributed by atoms with Gasteiger partial charge in [0.2, 0.25) is 0 Å². The predicted molar refractivity (Wildman–Crippen MR) is 227 cm³/mol. The Hall–Kier alpha value is -7.16. The maximum atomic E-state index is 6.73. The Labute approximate surface area is 310 Å². The van der Waals surface area contributed by atoms with Crippen LogP contribution in [0.5, 0.6) is 0 Å². The molecule has 0 amide bonds. The van der Waals surface area contributed by atoms with Crippen molar-refractivity contribution in [3.63, 3.8) is 0 Å². The lowest BCUT2D eigenvalue weighted by atomic mass is 9.84. The van der Waals surface area contributed by atoms with E-state index in [0.29, 0.717) is 0 Å². The highest BCUT2D eigenvalue weighted by molar-refractivity contribution is 6.25. The smallest absolute Gasteiger partial charge is 0.178 e. The number of hydrogen-bond donors (Lipinski definition) is 0. The molecule has 0 aliphatic heterocycles. The van der Waals surface area contributed by atoms with E-state index >= 15 is 0 Å². The standard InChI is InChI=1S/C52H30O2/c1-2-14-34-31(12-1)13-11-22-37(34)49-40-19-6-4-17-38(40)48(39-18-5-7-20-41(39)49)33-26-24-32(25-27-33)45-30-46-44-29-28-43-36-16-9-10-23-47(36)53-51(43)52(44)54-50(46)42-21-8-3-15-35(42)45/h1-30H. The van der Waals surface area contributed by atoms with Gasteiger partial charge in [-0.15, -0.1) is 0 Å². The number of benzene rings is 10. The van der Waals surface area contributed by atoms with Crippen molar-refractivity contribution < 1.29 is 8.83 Å². The fraction of sp³-hybridized carbons (Fsp3) is 0. The van der Waals surface area contributed by atoms with Gasteiger partial charge in [0.1, 0.15) is 11.2 Å². The topological polar surface area (TPSA) is 26.3 Å². The third-order valence-corrected chi connectivity index (χ3v) is 11.5. The summed E-state index contributed by atoms with van der Waals surface area (Å²) in [6.07, 6.45) is 0. The number of hydrogen-bond acceptors (Lipinski definition) is 2. The van der Waals surface area contributed by atoms with E-state index in [4.69, 9.17) is 8.83 Å². The summed E-state index contributed by atoms with van der Waals surface area (Å²) in [5.41, 5.74) is 10.7. The van der Waals surface area contributed by atoms with Crippen LogP contribution in [0.25, 0.3) is 120 Å². The van der Waals surface area contributed by atoms with Gasteiger partial charge in [-0.25, -0.2) is 0 Å². The van der Waals surface area contributed by atoms with Crippen molar-refractivity contribution in [3.8, 4) is 33.4 Å². The van der Waals surface area contributed by atoms with E-state index in [2.05, 4.69) is 170 Å². The van der Waals surface area contributed by atoms with Gasteiger partial charge in [-0.1, -0.05) is 158 Å². The molecule has 10 aromatic carbocycles. The average molecular weight is 687 g/mol. The minimum absolute atomic E-state index is 0.794. The second-order valence-corrected chi connectivity index (χ2v) is 14.3. The molecule has 0 radical (unpaired) electrons. The molecular weight excluding hydrogens is 657 g/mol. The van der Waals surface area contributed by atoms with Gasteiger partial charge in [0.25, 0.3) is 0 Å². The van der Waals surface area contributed by atoms with E-state index in [9.17, 15) is 0 Å². The minimum atomic E-state index is 0.794. The molecule has 2 heteroatoms. The quantitative estimate of drug-likeness (QED) is 0.173. The molecule has 0 N–H and O–H groups in total. The number of rotatable bonds is 3. The molecule has 0 aliphatic rings. The van der Waals surface area contributed by atoms with E-state index in [1.165, 1.54) is 60.1 Å². The maximum Gasteiger partial charge on any atom is 0.178 e. The summed E-state index contributed by atoms with van der Waals surface area (Å²) in [5, 5.41) is 14.1. The molecule has 0 fully saturated rings. The molecule has 54 heavy (non-hydrogen) atoms. The maximum absolute atomic E-state index is 6.73. The molecule has 0 bridgehead atoms. The second kappa shape index (κ2) is 11.2. The molecule has 0 spiro atoms. The first kappa shape index (κ1) is 29.4. The highest BCUT2D eigenvalue weighted by Gasteiger charge is 2.21. The summed E-state index contributed by atoms with van der Waals surface area (Å²) < 4.78 is 13.1. The highest BCUT2D eigenvalue weighted by Crippen LogP contribution is 2.47. The SMILES string of the molecule is c1ccc2c(-c3c4ccccc4c(-c4ccc(-c5cc6c7ccc8c9ccccc9oc8c7oc6c6ccccc56)cc4)c4ccccc34)cccc2c1. The summed E-state index contributed by atoms with van der Waals surface area (Å²) in [6.45, 7) is 0. The van der Waals surface area contributed by atoms with Crippen LogP contribution in [0.3, 0.4) is 0 Å². The zero-order valence-electron chi connectivity index (χ0n) is 29.1. The van der Waals surface area contributed by atoms with Crippen LogP contribution in [-0.4, -0.2) is 0 Å². The zero-order chi connectivity index (χ0) is 35.3. The molecule has 0 atom stereocenters. The summed E-state index contributed by atoms with van der Waals surface area (Å²) in [6, 6.07) is 65.7. The molecule has 2 heterocycles. The van der Waals surface area contributed by atoms with Gasteiger partial charge in [0.15, 0.2) is 11.2 Å². The van der Waals surface area contributed by atoms with Gasteiger partial charge in [-0.05, 0) is 95.3 Å². The normalized spacial score (nSPS) is 12.1. The number of furan rings is 2. The fourth-order valence-corrected chi connectivity index (χ4v) is 9.07. The summed E-state index contributed by atoms with van der Waals surface area (Å²) in [7, 11) is 0. The van der Waals surface area contributed by atoms with Crippen LogP contribution in [0.2, 0.25) is 0 Å². The largest absolute Gasteiger partial charge is 0.452 e. The third kappa shape index (κ3) is 4.11. The molecule has 0 aliphatic carbocycles. The summed E-state index contributed by atoms with van der Waals surface area (Å²) >= 11 is 0. The van der Waals surface area contributed by atoms with E-state index in [-0.39, 0.29) is 0 Å². The van der Waals surface area contributed by atoms with Gasteiger partial charge in [0.05, 0.1) is 0 Å². The van der Waals surface area contributed by atoms with Crippen LogP contribution in [-0.2, 0) is 0 Å². The molecule has 12 aromatic rings. The van der Waals surface area contributed by atoms with E-state index in [1.807, 2.05) is 12.1 Å². The Kier molecular flexibility index (Phi) is 6.09. The van der Waals surface area contributed by atoms with Crippen molar-refractivity contribution in [2.45, 2.75) is 0 Å². The first-order chi connectivity index (χ1) is 26.8. The van der Waals surface area contributed by atoms with Crippen molar-refractivity contribution in [2.75, 3.05) is 0 Å². The van der Waals surface area contributed by atoms with Crippen LogP contribution in [0, 0.1) is 0 Å². The molecule has 2 nitrogen and oxygen atoms in total. The van der Waals surface area contributed by atoms with E-state index < -0.39 is 0 Å². The number of para-hydroxylation sites is 1. The summed E-state index contributed by atoms with van der Waals surface area (Å²) in [4.78, 5) is 0. The molecule has 2 aromatic heterocycles. The monoisotopic (exact) mass is 686 g/mol. The van der Waals surface area contributed by atoms with Crippen molar-refractivity contribution in [1.82, 2.24) is 0 Å². The van der Waals surface area contributed by atoms with Crippen molar-refractivity contribution in [1.29, 1.82) is 0 Å². The Morgan fingerprint density at radius 2 is 0.759 bits per heavy atom. The zero-order valence-corrected chi connectivity index (χ0v) is 29.1. The Bertz CT molecular complexity index is 3430. The van der Waals surface area contributed by atoms with Crippen LogP contribution in [0.1, 0.15) is 0 Å². The lowest BCUT2D eigenvalue weighted by molar-refractivity contribution is 0.635. The average Bonchev–Trinajstić information content (AvgIpc) is 3.81. The van der Waals surface area contributed by atoms with Crippen LogP contribution in [0.4, 0.5) is 0 Å². The Morgan fingerprint density at radius 3 is 1.48 bits per heavy atom. The van der Waals surface area contributed by atoms with Crippen LogP contribution < -0.4 is 0 Å². The first-order valence-electron chi connectivity index (χ1n) is 18.5. The Balaban J connectivity index is 1.06. The van der Waals surface area contributed by atoms with Crippen LogP contribution >= 0.6 is 0 Å². The molecule has 0 unspecified atom stereocenters. The molecule has 0 saturated carbocycles. The van der Waals surface area contributed by atoms with Gasteiger partial charge in [-0.2, -0.15) is 0 Å². The molecule has 0 saturated heterocycles.